The third-order valence-corrected chi connectivity index (χ3v) is 2.62. The molecule has 0 saturated heterocycles. The summed E-state index contributed by atoms with van der Waals surface area (Å²) in [6.45, 7) is 10.8. The van der Waals surface area contributed by atoms with E-state index in [0.717, 1.165) is 5.75 Å². The average molecular weight is 192 g/mol. The molecule has 0 saturated carbocycles. The quantitative estimate of drug-likeness (QED) is 0.692. The predicted octanol–water partition coefficient (Wildman–Crippen LogP) is 3.81. The van der Waals surface area contributed by atoms with Gasteiger partial charge in [0.05, 0.1) is 0 Å². The first-order valence-corrected chi connectivity index (χ1v) is 5.13. The third-order valence-electron chi connectivity index (χ3n) is 2.62. The maximum absolute atomic E-state index is 5.91. The molecular weight excluding hydrogens is 172 g/mol. The Morgan fingerprint density at radius 2 is 1.71 bits per heavy atom. The van der Waals surface area contributed by atoms with Crippen LogP contribution in [-0.2, 0) is 0 Å². The van der Waals surface area contributed by atoms with Gasteiger partial charge in [-0.3, -0.25) is 0 Å². The van der Waals surface area contributed by atoms with Gasteiger partial charge in [-0.2, -0.15) is 0 Å². The van der Waals surface area contributed by atoms with Crippen LogP contribution in [0.15, 0.2) is 24.3 Å². The second kappa shape index (κ2) is 4.04. The molecule has 78 valence electrons. The fraction of sp³-hybridized carbons (Fsp3) is 0.538. The summed E-state index contributed by atoms with van der Waals surface area (Å²) in [6.07, 6.45) is 0.226. The van der Waals surface area contributed by atoms with Gasteiger partial charge < -0.3 is 4.74 Å². The van der Waals surface area contributed by atoms with Gasteiger partial charge in [0, 0.05) is 0 Å². The van der Waals surface area contributed by atoms with Crippen molar-refractivity contribution in [3.8, 4) is 5.75 Å². The summed E-state index contributed by atoms with van der Waals surface area (Å²) in [7, 11) is 0. The molecule has 1 heteroatoms. The topological polar surface area (TPSA) is 9.23 Å². The van der Waals surface area contributed by atoms with Crippen LogP contribution >= 0.6 is 0 Å². The molecule has 1 nitrogen and oxygen atoms in total. The zero-order valence-corrected chi connectivity index (χ0v) is 9.79. The molecular formula is C13H20O. The van der Waals surface area contributed by atoms with Gasteiger partial charge in [-0.25, -0.2) is 0 Å². The maximum Gasteiger partial charge on any atom is 0.122 e. The van der Waals surface area contributed by atoms with Crippen molar-refractivity contribution >= 4 is 0 Å². The molecule has 1 rings (SSSR count). The molecule has 0 amide bonds. The molecule has 0 aromatic heterocycles. The molecule has 0 aliphatic rings. The van der Waals surface area contributed by atoms with Gasteiger partial charge in [0.1, 0.15) is 11.9 Å². The maximum atomic E-state index is 5.91. The highest BCUT2D eigenvalue weighted by Gasteiger charge is 2.21. The highest BCUT2D eigenvalue weighted by molar-refractivity contribution is 5.31. The Morgan fingerprint density at radius 1 is 1.14 bits per heavy atom. The molecule has 0 bridgehead atoms. The van der Waals surface area contributed by atoms with E-state index in [-0.39, 0.29) is 11.5 Å². The average Bonchev–Trinajstić information content (AvgIpc) is 2.07. The SMILES string of the molecule is Cc1ccccc1OC(C)C(C)(C)C. The molecule has 0 heterocycles. The smallest absolute Gasteiger partial charge is 0.122 e. The van der Waals surface area contributed by atoms with Crippen LogP contribution < -0.4 is 4.74 Å². The van der Waals surface area contributed by atoms with Gasteiger partial charge in [-0.1, -0.05) is 39.0 Å². The number of hydrogen-bond donors (Lipinski definition) is 0. The van der Waals surface area contributed by atoms with E-state index in [0.29, 0.717) is 0 Å². The number of hydrogen-bond acceptors (Lipinski definition) is 1. The van der Waals surface area contributed by atoms with Crippen LogP contribution in [0.3, 0.4) is 0 Å². The molecule has 1 unspecified atom stereocenters. The van der Waals surface area contributed by atoms with E-state index in [1.165, 1.54) is 5.56 Å². The van der Waals surface area contributed by atoms with E-state index >= 15 is 0 Å². The van der Waals surface area contributed by atoms with Crippen LogP contribution in [-0.4, -0.2) is 6.10 Å². The van der Waals surface area contributed by atoms with Gasteiger partial charge in [-0.15, -0.1) is 0 Å². The number of benzene rings is 1. The number of rotatable bonds is 2. The molecule has 0 radical (unpaired) electrons. The number of para-hydroxylation sites is 1. The lowest BCUT2D eigenvalue weighted by Crippen LogP contribution is -2.28. The first-order chi connectivity index (χ1) is 6.41. The molecule has 0 spiro atoms. The second-order valence-corrected chi connectivity index (χ2v) is 4.89. The van der Waals surface area contributed by atoms with E-state index in [1.807, 2.05) is 18.2 Å². The Hall–Kier alpha value is -0.980. The minimum atomic E-state index is 0.183. The Kier molecular flexibility index (Phi) is 3.20. The van der Waals surface area contributed by atoms with Crippen LogP contribution in [0.5, 0.6) is 5.75 Å². The molecule has 14 heavy (non-hydrogen) atoms. The van der Waals surface area contributed by atoms with Crippen molar-refractivity contribution in [1.29, 1.82) is 0 Å². The van der Waals surface area contributed by atoms with E-state index in [2.05, 4.69) is 40.7 Å². The van der Waals surface area contributed by atoms with Gasteiger partial charge in [0.2, 0.25) is 0 Å². The monoisotopic (exact) mass is 192 g/mol. The van der Waals surface area contributed by atoms with Crippen molar-refractivity contribution in [1.82, 2.24) is 0 Å². The zero-order valence-electron chi connectivity index (χ0n) is 9.79. The van der Waals surface area contributed by atoms with Gasteiger partial charge in [0.15, 0.2) is 0 Å². The summed E-state index contributed by atoms with van der Waals surface area (Å²) in [5.41, 5.74) is 1.38. The summed E-state index contributed by atoms with van der Waals surface area (Å²) < 4.78 is 5.91. The molecule has 0 N–H and O–H groups in total. The minimum absolute atomic E-state index is 0.183. The van der Waals surface area contributed by atoms with Crippen LogP contribution in [0.2, 0.25) is 0 Å². The second-order valence-electron chi connectivity index (χ2n) is 4.89. The fourth-order valence-electron chi connectivity index (χ4n) is 1.06. The highest BCUT2D eigenvalue weighted by Crippen LogP contribution is 2.26. The van der Waals surface area contributed by atoms with Gasteiger partial charge >= 0.3 is 0 Å². The van der Waals surface area contributed by atoms with E-state index in [9.17, 15) is 0 Å². The highest BCUT2D eigenvalue weighted by atomic mass is 16.5. The third kappa shape index (κ3) is 2.76. The Balaban J connectivity index is 2.75. The van der Waals surface area contributed by atoms with Crippen LogP contribution in [0.25, 0.3) is 0 Å². The minimum Gasteiger partial charge on any atom is -0.490 e. The van der Waals surface area contributed by atoms with Crippen LogP contribution in [0, 0.1) is 12.3 Å². The summed E-state index contributed by atoms with van der Waals surface area (Å²) in [6, 6.07) is 8.14. The Morgan fingerprint density at radius 3 is 2.21 bits per heavy atom. The molecule has 1 aromatic rings. The van der Waals surface area contributed by atoms with Gasteiger partial charge in [-0.05, 0) is 30.9 Å². The van der Waals surface area contributed by atoms with Crippen LogP contribution in [0.1, 0.15) is 33.3 Å². The first-order valence-electron chi connectivity index (χ1n) is 5.13. The van der Waals surface area contributed by atoms with Crippen molar-refractivity contribution in [2.24, 2.45) is 5.41 Å². The normalized spacial score (nSPS) is 13.8. The fourth-order valence-corrected chi connectivity index (χ4v) is 1.06. The van der Waals surface area contributed by atoms with E-state index < -0.39 is 0 Å². The summed E-state index contributed by atoms with van der Waals surface area (Å²) in [4.78, 5) is 0. The largest absolute Gasteiger partial charge is 0.490 e. The predicted molar refractivity (Wildman–Crippen MR) is 60.7 cm³/mol. The van der Waals surface area contributed by atoms with E-state index in [1.54, 1.807) is 0 Å². The number of aryl methyl sites for hydroxylation is 1. The van der Waals surface area contributed by atoms with Gasteiger partial charge in [0.25, 0.3) is 0 Å². The van der Waals surface area contributed by atoms with Crippen molar-refractivity contribution in [3.05, 3.63) is 29.8 Å². The zero-order chi connectivity index (χ0) is 10.8. The van der Waals surface area contributed by atoms with Crippen molar-refractivity contribution in [3.63, 3.8) is 0 Å². The summed E-state index contributed by atoms with van der Waals surface area (Å²) in [5.74, 6) is 0.995. The standard InChI is InChI=1S/C13H20O/c1-10-8-6-7-9-12(10)14-11(2)13(3,4)5/h6-9,11H,1-5H3. The Labute approximate surface area is 87.1 Å². The lowest BCUT2D eigenvalue weighted by molar-refractivity contribution is 0.103. The van der Waals surface area contributed by atoms with Crippen molar-refractivity contribution in [2.45, 2.75) is 40.7 Å². The first kappa shape index (κ1) is 11.1. The summed E-state index contributed by atoms with van der Waals surface area (Å²) >= 11 is 0. The lowest BCUT2D eigenvalue weighted by atomic mass is 9.90. The summed E-state index contributed by atoms with van der Waals surface area (Å²) in [5, 5.41) is 0. The van der Waals surface area contributed by atoms with Crippen molar-refractivity contribution < 1.29 is 4.74 Å². The molecule has 0 fully saturated rings. The number of ether oxygens (including phenoxy) is 1. The molecule has 1 atom stereocenters. The molecule has 0 aliphatic carbocycles. The molecule has 1 aromatic carbocycles. The van der Waals surface area contributed by atoms with Crippen molar-refractivity contribution in [2.75, 3.05) is 0 Å². The van der Waals surface area contributed by atoms with E-state index in [4.69, 9.17) is 4.74 Å². The lowest BCUT2D eigenvalue weighted by Gasteiger charge is -2.28. The Bertz CT molecular complexity index is 296. The van der Waals surface area contributed by atoms with Crippen LogP contribution in [0.4, 0.5) is 0 Å². The molecule has 0 aliphatic heterocycles.